The van der Waals surface area contributed by atoms with Gasteiger partial charge in [0.25, 0.3) is 0 Å². The van der Waals surface area contributed by atoms with Gasteiger partial charge in [-0.3, -0.25) is 15.3 Å². The summed E-state index contributed by atoms with van der Waals surface area (Å²) < 4.78 is 9.70. The van der Waals surface area contributed by atoms with Gasteiger partial charge in [0.1, 0.15) is 12.8 Å². The van der Waals surface area contributed by atoms with Crippen LogP contribution in [0.4, 0.5) is 0 Å². The van der Waals surface area contributed by atoms with Crippen LogP contribution in [-0.2, 0) is 25.7 Å². The van der Waals surface area contributed by atoms with Crippen molar-refractivity contribution in [2.45, 2.75) is 32.6 Å². The Kier molecular flexibility index (Phi) is 5.87. The average Bonchev–Trinajstić information content (AvgIpc) is 2.34. The summed E-state index contributed by atoms with van der Waals surface area (Å²) in [5, 5.41) is 0. The molecule has 0 saturated carbocycles. The van der Waals surface area contributed by atoms with Gasteiger partial charge in [-0.15, -0.1) is 0 Å². The van der Waals surface area contributed by atoms with Crippen molar-refractivity contribution in [1.82, 2.24) is 0 Å². The van der Waals surface area contributed by atoms with Gasteiger partial charge in [-0.25, -0.2) is 0 Å². The quantitative estimate of drug-likeness (QED) is 0.610. The van der Waals surface area contributed by atoms with Gasteiger partial charge in [0.15, 0.2) is 0 Å². The number of ether oxygens (including phenoxy) is 2. The lowest BCUT2D eigenvalue weighted by Crippen LogP contribution is -2.23. The number of hydrogen-bond acceptors (Lipinski definition) is 5. The Hall–Kier alpha value is -1.88. The van der Waals surface area contributed by atoms with E-state index in [1.165, 1.54) is 0 Å². The van der Waals surface area contributed by atoms with Gasteiger partial charge >= 0.3 is 11.9 Å². The Morgan fingerprint density at radius 3 is 2.39 bits per heavy atom. The van der Waals surface area contributed by atoms with Crippen molar-refractivity contribution in [2.75, 3.05) is 0 Å². The van der Waals surface area contributed by atoms with E-state index >= 15 is 0 Å². The van der Waals surface area contributed by atoms with Crippen molar-refractivity contribution in [1.29, 1.82) is 0 Å². The van der Waals surface area contributed by atoms with Gasteiger partial charge < -0.3 is 9.47 Å². The van der Waals surface area contributed by atoms with Gasteiger partial charge in [0, 0.05) is 0 Å². The molecule has 0 aliphatic carbocycles. The molecule has 0 bridgehead atoms. The SMILES string of the molecule is CC(N)OC(=O)CCC(=O)OCc1ccccc1. The minimum Gasteiger partial charge on any atom is -0.461 e. The Balaban J connectivity index is 2.20. The molecule has 1 aromatic carbocycles. The second-order valence-corrected chi connectivity index (χ2v) is 3.84. The summed E-state index contributed by atoms with van der Waals surface area (Å²) in [5.74, 6) is -0.929. The lowest BCUT2D eigenvalue weighted by molar-refractivity contribution is -0.153. The van der Waals surface area contributed by atoms with Crippen LogP contribution in [0.2, 0.25) is 0 Å². The van der Waals surface area contributed by atoms with E-state index in [-0.39, 0.29) is 19.4 Å². The molecule has 1 atom stereocenters. The Bertz CT molecular complexity index is 389. The first-order chi connectivity index (χ1) is 8.58. The van der Waals surface area contributed by atoms with Crippen molar-refractivity contribution < 1.29 is 19.1 Å². The largest absolute Gasteiger partial charge is 0.461 e. The zero-order valence-corrected chi connectivity index (χ0v) is 10.3. The molecular formula is C13H17NO4. The van der Waals surface area contributed by atoms with Crippen LogP contribution in [0.1, 0.15) is 25.3 Å². The summed E-state index contributed by atoms with van der Waals surface area (Å²) in [4.78, 5) is 22.5. The molecule has 0 saturated heterocycles. The molecule has 0 fully saturated rings. The normalized spacial score (nSPS) is 11.7. The molecule has 0 amide bonds. The third-order valence-electron chi connectivity index (χ3n) is 2.09. The zero-order chi connectivity index (χ0) is 13.4. The van der Waals surface area contributed by atoms with Crippen LogP contribution in [0, 0.1) is 0 Å². The molecule has 5 heteroatoms. The van der Waals surface area contributed by atoms with Gasteiger partial charge in [-0.1, -0.05) is 30.3 Å². The number of nitrogens with two attached hydrogens (primary N) is 1. The molecule has 0 aliphatic heterocycles. The topological polar surface area (TPSA) is 78.6 Å². The smallest absolute Gasteiger partial charge is 0.307 e. The minimum absolute atomic E-state index is 0.00160. The number of rotatable bonds is 6. The first-order valence-corrected chi connectivity index (χ1v) is 5.72. The highest BCUT2D eigenvalue weighted by Gasteiger charge is 2.10. The zero-order valence-electron chi connectivity index (χ0n) is 10.3. The maximum atomic E-state index is 11.3. The second kappa shape index (κ2) is 7.45. The van der Waals surface area contributed by atoms with Crippen molar-refractivity contribution in [3.05, 3.63) is 35.9 Å². The minimum atomic E-state index is -0.655. The molecule has 0 aromatic heterocycles. The fourth-order valence-corrected chi connectivity index (χ4v) is 1.28. The van der Waals surface area contributed by atoms with E-state index in [1.807, 2.05) is 30.3 Å². The predicted octanol–water partition coefficient (Wildman–Crippen LogP) is 1.36. The van der Waals surface area contributed by atoms with E-state index in [9.17, 15) is 9.59 Å². The first kappa shape index (κ1) is 14.2. The average molecular weight is 251 g/mol. The fourth-order valence-electron chi connectivity index (χ4n) is 1.28. The Morgan fingerprint density at radius 1 is 1.17 bits per heavy atom. The van der Waals surface area contributed by atoms with Gasteiger partial charge in [-0.2, -0.15) is 0 Å². The van der Waals surface area contributed by atoms with Crippen molar-refractivity contribution >= 4 is 11.9 Å². The summed E-state index contributed by atoms with van der Waals surface area (Å²) >= 11 is 0. The maximum absolute atomic E-state index is 11.3. The van der Waals surface area contributed by atoms with Crippen LogP contribution >= 0.6 is 0 Å². The molecule has 2 N–H and O–H groups in total. The van der Waals surface area contributed by atoms with Crippen LogP contribution in [0.25, 0.3) is 0 Å². The predicted molar refractivity (Wildman–Crippen MR) is 65.2 cm³/mol. The first-order valence-electron chi connectivity index (χ1n) is 5.72. The van der Waals surface area contributed by atoms with E-state index in [2.05, 4.69) is 0 Å². The molecule has 0 radical (unpaired) electrons. The molecule has 1 unspecified atom stereocenters. The van der Waals surface area contributed by atoms with Gasteiger partial charge in [0.2, 0.25) is 0 Å². The van der Waals surface area contributed by atoms with Crippen LogP contribution in [0.3, 0.4) is 0 Å². The summed E-state index contributed by atoms with van der Waals surface area (Å²) in [6, 6.07) is 9.33. The van der Waals surface area contributed by atoms with E-state index < -0.39 is 18.2 Å². The van der Waals surface area contributed by atoms with Gasteiger partial charge in [0.05, 0.1) is 12.8 Å². The Labute approximate surface area is 106 Å². The molecular weight excluding hydrogens is 234 g/mol. The summed E-state index contributed by atoms with van der Waals surface area (Å²) in [6.45, 7) is 1.76. The van der Waals surface area contributed by atoms with Crippen LogP contribution in [0.5, 0.6) is 0 Å². The monoisotopic (exact) mass is 251 g/mol. The number of benzene rings is 1. The van der Waals surface area contributed by atoms with Crippen molar-refractivity contribution in [3.63, 3.8) is 0 Å². The van der Waals surface area contributed by atoms with Gasteiger partial charge in [-0.05, 0) is 12.5 Å². The standard InChI is InChI=1S/C13H17NO4/c1-10(14)18-13(16)8-7-12(15)17-9-11-5-3-2-4-6-11/h2-6,10H,7-9,14H2,1H3. The molecule has 0 aliphatic rings. The molecule has 18 heavy (non-hydrogen) atoms. The van der Waals surface area contributed by atoms with E-state index in [0.29, 0.717) is 0 Å². The molecule has 1 rings (SSSR count). The third kappa shape index (κ3) is 6.00. The lowest BCUT2D eigenvalue weighted by atomic mass is 10.2. The van der Waals surface area contributed by atoms with Crippen LogP contribution in [-0.4, -0.2) is 18.2 Å². The molecule has 1 aromatic rings. The Morgan fingerprint density at radius 2 is 1.78 bits per heavy atom. The highest BCUT2D eigenvalue weighted by Crippen LogP contribution is 2.03. The lowest BCUT2D eigenvalue weighted by Gasteiger charge is -2.07. The van der Waals surface area contributed by atoms with E-state index in [4.69, 9.17) is 15.2 Å². The molecule has 98 valence electrons. The van der Waals surface area contributed by atoms with Crippen molar-refractivity contribution in [2.24, 2.45) is 5.73 Å². The number of esters is 2. The summed E-state index contributed by atoms with van der Waals surface area (Å²) in [7, 11) is 0. The highest BCUT2D eigenvalue weighted by molar-refractivity contribution is 5.77. The number of carbonyl (C=O) groups excluding carboxylic acids is 2. The molecule has 0 heterocycles. The summed E-state index contributed by atoms with van der Waals surface area (Å²) in [6.07, 6.45) is -0.675. The maximum Gasteiger partial charge on any atom is 0.307 e. The van der Waals surface area contributed by atoms with E-state index in [1.54, 1.807) is 6.92 Å². The molecule has 5 nitrogen and oxygen atoms in total. The van der Waals surface area contributed by atoms with E-state index in [0.717, 1.165) is 5.56 Å². The number of carbonyl (C=O) groups is 2. The molecule has 0 spiro atoms. The van der Waals surface area contributed by atoms with Crippen molar-refractivity contribution in [3.8, 4) is 0 Å². The number of hydrogen-bond donors (Lipinski definition) is 1. The fraction of sp³-hybridized carbons (Fsp3) is 0.385. The van der Waals surface area contributed by atoms with Crippen LogP contribution in [0.15, 0.2) is 30.3 Å². The summed E-state index contributed by atoms with van der Waals surface area (Å²) in [5.41, 5.74) is 6.18. The third-order valence-corrected chi connectivity index (χ3v) is 2.09. The highest BCUT2D eigenvalue weighted by atomic mass is 16.6. The van der Waals surface area contributed by atoms with Crippen LogP contribution < -0.4 is 5.73 Å². The second-order valence-electron chi connectivity index (χ2n) is 3.84.